The maximum atomic E-state index is 12.7. The van der Waals surface area contributed by atoms with Gasteiger partial charge in [0.1, 0.15) is 5.65 Å². The molecule has 0 unspecified atom stereocenters. The first kappa shape index (κ1) is 17.7. The number of nitrogens with one attached hydrogen (secondary N) is 2. The molecule has 0 fully saturated rings. The Balaban J connectivity index is 1.68. The van der Waals surface area contributed by atoms with Gasteiger partial charge in [-0.2, -0.15) is 4.99 Å². The van der Waals surface area contributed by atoms with Crippen molar-refractivity contribution in [2.24, 2.45) is 4.99 Å². The summed E-state index contributed by atoms with van der Waals surface area (Å²) in [7, 11) is 0. The number of pyridine rings is 1. The first-order chi connectivity index (χ1) is 13.6. The van der Waals surface area contributed by atoms with Crippen LogP contribution >= 0.6 is 11.3 Å². The molecule has 0 spiro atoms. The Morgan fingerprint density at radius 1 is 1.29 bits per heavy atom. The zero-order chi connectivity index (χ0) is 19.5. The number of hydrogen-bond donors (Lipinski definition) is 3. The van der Waals surface area contributed by atoms with Crippen molar-refractivity contribution in [1.29, 1.82) is 0 Å². The lowest BCUT2D eigenvalue weighted by molar-refractivity contribution is 0.0999. The predicted octanol–water partition coefficient (Wildman–Crippen LogP) is 2.92. The molecule has 0 atom stereocenters. The van der Waals surface area contributed by atoms with Crippen molar-refractivity contribution in [2.75, 3.05) is 0 Å². The lowest BCUT2D eigenvalue weighted by atomic mass is 10.2. The summed E-state index contributed by atoms with van der Waals surface area (Å²) >= 11 is 1.34. The molecule has 9 heteroatoms. The lowest BCUT2D eigenvalue weighted by Crippen LogP contribution is -2.20. The van der Waals surface area contributed by atoms with Gasteiger partial charge in [0.15, 0.2) is 4.80 Å². The third-order valence-corrected chi connectivity index (χ3v) is 4.86. The molecular formula is C19H15N5O3S. The molecule has 3 N–H and O–H groups in total. The number of carboxylic acid groups (broad SMARTS) is 1. The Morgan fingerprint density at radius 3 is 3.04 bits per heavy atom. The molecule has 0 aliphatic carbocycles. The number of hydrogen-bond acceptors (Lipinski definition) is 4. The van der Waals surface area contributed by atoms with E-state index in [0.29, 0.717) is 16.0 Å². The van der Waals surface area contributed by atoms with E-state index in [9.17, 15) is 9.59 Å². The third-order valence-electron chi connectivity index (χ3n) is 4.10. The van der Waals surface area contributed by atoms with Crippen LogP contribution in [-0.2, 0) is 6.54 Å². The van der Waals surface area contributed by atoms with E-state index < -0.39 is 6.09 Å². The minimum atomic E-state index is -1.08. The van der Waals surface area contributed by atoms with E-state index in [1.807, 2.05) is 41.9 Å². The average molecular weight is 393 g/mol. The Labute approximate surface area is 162 Å². The summed E-state index contributed by atoms with van der Waals surface area (Å²) in [5.74, 6) is -0.362. The number of carbonyl (C=O) groups excluding carboxylic acids is 1. The van der Waals surface area contributed by atoms with Gasteiger partial charge in [-0.3, -0.25) is 9.36 Å². The molecular weight excluding hydrogens is 378 g/mol. The van der Waals surface area contributed by atoms with E-state index in [0.717, 1.165) is 16.6 Å². The second-order valence-corrected chi connectivity index (χ2v) is 6.78. The van der Waals surface area contributed by atoms with Crippen LogP contribution < -0.4 is 10.1 Å². The van der Waals surface area contributed by atoms with Gasteiger partial charge in [-0.15, -0.1) is 11.3 Å². The molecule has 28 heavy (non-hydrogen) atoms. The van der Waals surface area contributed by atoms with Gasteiger partial charge >= 0.3 is 6.09 Å². The Kier molecular flexibility index (Phi) is 4.73. The van der Waals surface area contributed by atoms with Crippen LogP contribution in [0.5, 0.6) is 0 Å². The minimum absolute atomic E-state index is 0.196. The van der Waals surface area contributed by atoms with E-state index >= 15 is 0 Å². The number of benzene rings is 1. The van der Waals surface area contributed by atoms with Crippen LogP contribution in [0.4, 0.5) is 4.79 Å². The summed E-state index contributed by atoms with van der Waals surface area (Å²) in [4.78, 5) is 35.4. The maximum absolute atomic E-state index is 12.7. The predicted molar refractivity (Wildman–Crippen MR) is 104 cm³/mol. The molecule has 3 heterocycles. The summed E-state index contributed by atoms with van der Waals surface area (Å²) in [6, 6.07) is 11.0. The highest BCUT2D eigenvalue weighted by Gasteiger charge is 2.12. The molecule has 1 aromatic carbocycles. The van der Waals surface area contributed by atoms with E-state index in [1.54, 1.807) is 23.0 Å². The number of amides is 2. The highest BCUT2D eigenvalue weighted by atomic mass is 32.1. The fraction of sp³-hybridized carbons (Fsp3) is 0.0526. The first-order valence-electron chi connectivity index (χ1n) is 8.35. The van der Waals surface area contributed by atoms with E-state index in [2.05, 4.69) is 20.3 Å². The molecule has 4 aromatic rings. The van der Waals surface area contributed by atoms with Gasteiger partial charge in [-0.25, -0.2) is 9.78 Å². The van der Waals surface area contributed by atoms with Crippen molar-refractivity contribution < 1.29 is 14.7 Å². The quantitative estimate of drug-likeness (QED) is 0.495. The molecule has 140 valence electrons. The smallest absolute Gasteiger partial charge is 0.404 e. The molecule has 0 saturated carbocycles. The second kappa shape index (κ2) is 7.49. The van der Waals surface area contributed by atoms with Crippen LogP contribution in [0.25, 0.3) is 16.7 Å². The number of rotatable bonds is 4. The molecule has 4 rings (SSSR count). The van der Waals surface area contributed by atoms with Crippen molar-refractivity contribution in [1.82, 2.24) is 19.9 Å². The zero-order valence-corrected chi connectivity index (χ0v) is 15.3. The lowest BCUT2D eigenvalue weighted by Gasteiger charge is -2.06. The number of H-pyrrole nitrogens is 1. The van der Waals surface area contributed by atoms with Crippen molar-refractivity contribution in [3.63, 3.8) is 0 Å². The van der Waals surface area contributed by atoms with Gasteiger partial charge in [-0.1, -0.05) is 12.1 Å². The number of thiazole rings is 1. The Bertz CT molecular complexity index is 1240. The standard InChI is InChI=1S/C19H15N5O3S/c25-17(15-11-21-16-14(15)5-2-6-20-16)23-18-24(7-8-28-18)13-4-1-3-12(9-13)10-22-19(26)27/h1-9,11,22H,10H2,(H,20,21)(H,26,27). The van der Waals surface area contributed by atoms with Gasteiger partial charge in [0, 0.05) is 41.6 Å². The van der Waals surface area contributed by atoms with Crippen molar-refractivity contribution >= 4 is 34.4 Å². The van der Waals surface area contributed by atoms with Crippen LogP contribution in [0.15, 0.2) is 65.4 Å². The fourth-order valence-electron chi connectivity index (χ4n) is 2.82. The second-order valence-electron chi connectivity index (χ2n) is 5.90. The SMILES string of the molecule is O=C(O)NCc1cccc(-n2ccsc2=NC(=O)c2c[nH]c3ncccc23)c1. The number of nitrogens with zero attached hydrogens (tertiary/aromatic N) is 3. The van der Waals surface area contributed by atoms with Crippen LogP contribution in [0.2, 0.25) is 0 Å². The molecule has 2 amide bonds. The van der Waals surface area contributed by atoms with E-state index in [-0.39, 0.29) is 12.5 Å². The monoisotopic (exact) mass is 393 g/mol. The normalized spacial score (nSPS) is 11.6. The average Bonchev–Trinajstić information content (AvgIpc) is 3.33. The van der Waals surface area contributed by atoms with Crippen LogP contribution in [0.1, 0.15) is 15.9 Å². The molecule has 0 saturated heterocycles. The Morgan fingerprint density at radius 2 is 2.18 bits per heavy atom. The Hall–Kier alpha value is -3.72. The van der Waals surface area contributed by atoms with Crippen molar-refractivity contribution in [3.05, 3.63) is 76.3 Å². The summed E-state index contributed by atoms with van der Waals surface area (Å²) in [5.41, 5.74) is 2.69. The topological polar surface area (TPSA) is 112 Å². The molecule has 3 aromatic heterocycles. The third kappa shape index (κ3) is 3.55. The molecule has 8 nitrogen and oxygen atoms in total. The molecule has 0 bridgehead atoms. The fourth-order valence-corrected chi connectivity index (χ4v) is 3.54. The molecule has 0 radical (unpaired) electrons. The van der Waals surface area contributed by atoms with Crippen LogP contribution in [-0.4, -0.2) is 31.6 Å². The van der Waals surface area contributed by atoms with Crippen LogP contribution in [0.3, 0.4) is 0 Å². The molecule has 0 aliphatic rings. The van der Waals surface area contributed by atoms with Gasteiger partial charge in [-0.05, 0) is 29.8 Å². The van der Waals surface area contributed by atoms with Gasteiger partial charge in [0.25, 0.3) is 5.91 Å². The first-order valence-corrected chi connectivity index (χ1v) is 9.23. The zero-order valence-electron chi connectivity index (χ0n) is 14.5. The van der Waals surface area contributed by atoms with E-state index in [1.165, 1.54) is 11.3 Å². The van der Waals surface area contributed by atoms with Gasteiger partial charge in [0.05, 0.1) is 5.56 Å². The summed E-state index contributed by atoms with van der Waals surface area (Å²) < 4.78 is 1.79. The van der Waals surface area contributed by atoms with Crippen molar-refractivity contribution in [2.45, 2.75) is 6.54 Å². The summed E-state index contributed by atoms with van der Waals surface area (Å²) in [6.45, 7) is 0.196. The number of aromatic amines is 1. The highest BCUT2D eigenvalue weighted by Crippen LogP contribution is 2.16. The van der Waals surface area contributed by atoms with Crippen molar-refractivity contribution in [3.8, 4) is 5.69 Å². The number of aromatic nitrogens is 3. The molecule has 0 aliphatic heterocycles. The largest absolute Gasteiger partial charge is 0.465 e. The summed E-state index contributed by atoms with van der Waals surface area (Å²) in [6.07, 6.45) is 4.00. The number of carbonyl (C=O) groups is 2. The van der Waals surface area contributed by atoms with Gasteiger partial charge < -0.3 is 15.4 Å². The summed E-state index contributed by atoms with van der Waals surface area (Å²) in [5, 5.41) is 13.7. The van der Waals surface area contributed by atoms with Crippen LogP contribution in [0, 0.1) is 0 Å². The maximum Gasteiger partial charge on any atom is 0.404 e. The van der Waals surface area contributed by atoms with E-state index in [4.69, 9.17) is 5.11 Å². The number of fused-ring (bicyclic) bond motifs is 1. The minimum Gasteiger partial charge on any atom is -0.465 e. The van der Waals surface area contributed by atoms with Gasteiger partial charge in [0.2, 0.25) is 0 Å². The highest BCUT2D eigenvalue weighted by molar-refractivity contribution is 7.07.